The molecular formula is C6H12O3. The molecular weight excluding hydrogens is 120 g/mol. The molecule has 0 aliphatic heterocycles. The van der Waals surface area contributed by atoms with Crippen LogP contribution in [0, 0.1) is 0 Å². The Morgan fingerprint density at radius 3 is 2.67 bits per heavy atom. The first-order valence-corrected chi connectivity index (χ1v) is 2.88. The number of hydrogen-bond donors (Lipinski definition) is 1. The predicted molar refractivity (Wildman–Crippen MR) is 33.2 cm³/mol. The van der Waals surface area contributed by atoms with Crippen molar-refractivity contribution in [2.45, 2.75) is 19.4 Å². The van der Waals surface area contributed by atoms with E-state index in [9.17, 15) is 4.79 Å². The molecule has 0 rings (SSSR count). The quantitative estimate of drug-likeness (QED) is 0.584. The summed E-state index contributed by atoms with van der Waals surface area (Å²) < 4.78 is 4.70. The second-order valence-corrected chi connectivity index (χ2v) is 1.82. The van der Waals surface area contributed by atoms with Gasteiger partial charge in [0.1, 0.15) is 6.10 Å². The normalized spacial score (nSPS) is 13.2. The monoisotopic (exact) mass is 132 g/mol. The highest BCUT2D eigenvalue weighted by atomic mass is 16.5. The van der Waals surface area contributed by atoms with Crippen molar-refractivity contribution in [3.63, 3.8) is 0 Å². The van der Waals surface area contributed by atoms with E-state index in [0.717, 1.165) is 0 Å². The van der Waals surface area contributed by atoms with Crippen LogP contribution in [-0.2, 0) is 9.53 Å². The molecule has 1 atom stereocenters. The molecule has 0 aromatic carbocycles. The molecule has 1 N–H and O–H groups in total. The number of carbonyl (C=O) groups is 1. The van der Waals surface area contributed by atoms with Gasteiger partial charge in [-0.2, -0.15) is 0 Å². The fraction of sp³-hybridized carbons (Fsp3) is 0.833. The van der Waals surface area contributed by atoms with E-state index in [4.69, 9.17) is 9.84 Å². The van der Waals surface area contributed by atoms with E-state index >= 15 is 0 Å². The number of ether oxygens (including phenoxy) is 1. The minimum atomic E-state index is -0.378. The standard InChI is InChI=1S/C6H12O3/c1-5(9-2)6(8)3-4-7/h5,7H,3-4H2,1-2H3. The molecule has 0 amide bonds. The first-order chi connectivity index (χ1) is 4.22. The number of aliphatic hydroxyl groups is 1. The van der Waals surface area contributed by atoms with Crippen LogP contribution in [-0.4, -0.2) is 30.7 Å². The van der Waals surface area contributed by atoms with Crippen LogP contribution >= 0.6 is 0 Å². The van der Waals surface area contributed by atoms with E-state index in [2.05, 4.69) is 0 Å². The molecule has 0 heterocycles. The van der Waals surface area contributed by atoms with Crippen LogP contribution in [0.25, 0.3) is 0 Å². The van der Waals surface area contributed by atoms with Crippen LogP contribution in [0.1, 0.15) is 13.3 Å². The fourth-order valence-electron chi connectivity index (χ4n) is 0.445. The van der Waals surface area contributed by atoms with Gasteiger partial charge in [-0.1, -0.05) is 0 Å². The number of rotatable bonds is 4. The van der Waals surface area contributed by atoms with Gasteiger partial charge >= 0.3 is 0 Å². The highest BCUT2D eigenvalue weighted by molar-refractivity contribution is 5.82. The number of hydrogen-bond acceptors (Lipinski definition) is 3. The van der Waals surface area contributed by atoms with Crippen LogP contribution in [0.2, 0.25) is 0 Å². The van der Waals surface area contributed by atoms with E-state index in [-0.39, 0.29) is 24.9 Å². The first-order valence-electron chi connectivity index (χ1n) is 2.88. The van der Waals surface area contributed by atoms with Crippen molar-refractivity contribution >= 4 is 5.78 Å². The van der Waals surface area contributed by atoms with Gasteiger partial charge < -0.3 is 9.84 Å². The maximum atomic E-state index is 10.7. The Labute approximate surface area is 54.6 Å². The molecule has 3 heteroatoms. The molecule has 0 saturated carbocycles. The smallest absolute Gasteiger partial charge is 0.163 e. The molecule has 0 spiro atoms. The molecule has 0 bridgehead atoms. The van der Waals surface area contributed by atoms with Crippen molar-refractivity contribution in [2.24, 2.45) is 0 Å². The summed E-state index contributed by atoms with van der Waals surface area (Å²) in [5.41, 5.74) is 0. The van der Waals surface area contributed by atoms with Gasteiger partial charge in [0.25, 0.3) is 0 Å². The van der Waals surface area contributed by atoms with Crippen molar-refractivity contribution in [3.05, 3.63) is 0 Å². The summed E-state index contributed by atoms with van der Waals surface area (Å²) in [6, 6.07) is 0. The summed E-state index contributed by atoms with van der Waals surface area (Å²) in [5.74, 6) is -0.0556. The predicted octanol–water partition coefficient (Wildman–Crippen LogP) is -0.0272. The molecule has 9 heavy (non-hydrogen) atoms. The highest BCUT2D eigenvalue weighted by Crippen LogP contribution is 1.92. The van der Waals surface area contributed by atoms with Crippen LogP contribution in [0.5, 0.6) is 0 Å². The summed E-state index contributed by atoms with van der Waals surface area (Å²) in [6.45, 7) is 1.57. The van der Waals surface area contributed by atoms with Gasteiger partial charge in [0.05, 0.1) is 6.61 Å². The van der Waals surface area contributed by atoms with Crippen molar-refractivity contribution in [1.82, 2.24) is 0 Å². The molecule has 54 valence electrons. The van der Waals surface area contributed by atoms with Gasteiger partial charge in [-0.15, -0.1) is 0 Å². The lowest BCUT2D eigenvalue weighted by atomic mass is 10.2. The summed E-state index contributed by atoms with van der Waals surface area (Å²) in [4.78, 5) is 10.7. The molecule has 0 saturated heterocycles. The van der Waals surface area contributed by atoms with E-state index in [0.29, 0.717) is 0 Å². The maximum Gasteiger partial charge on any atom is 0.163 e. The van der Waals surface area contributed by atoms with Crippen molar-refractivity contribution in [3.8, 4) is 0 Å². The van der Waals surface area contributed by atoms with Gasteiger partial charge in [0.2, 0.25) is 0 Å². The highest BCUT2D eigenvalue weighted by Gasteiger charge is 2.09. The topological polar surface area (TPSA) is 46.5 Å². The Bertz CT molecular complexity index is 90.3. The third kappa shape index (κ3) is 3.21. The lowest BCUT2D eigenvalue weighted by Crippen LogP contribution is -2.19. The summed E-state index contributed by atoms with van der Waals surface area (Å²) in [5, 5.41) is 8.30. The molecule has 0 aliphatic carbocycles. The Morgan fingerprint density at radius 2 is 2.33 bits per heavy atom. The Hall–Kier alpha value is -0.410. The Balaban J connectivity index is 3.46. The average Bonchev–Trinajstić information content (AvgIpc) is 1.87. The molecule has 0 aromatic rings. The summed E-state index contributed by atoms with van der Waals surface area (Å²) >= 11 is 0. The van der Waals surface area contributed by atoms with E-state index < -0.39 is 0 Å². The van der Waals surface area contributed by atoms with Crippen molar-refractivity contribution in [2.75, 3.05) is 13.7 Å². The third-order valence-electron chi connectivity index (χ3n) is 1.17. The summed E-state index contributed by atoms with van der Waals surface area (Å²) in [7, 11) is 1.47. The van der Waals surface area contributed by atoms with Gasteiger partial charge in [0, 0.05) is 13.5 Å². The summed E-state index contributed by atoms with van der Waals surface area (Å²) in [6.07, 6.45) is -0.188. The first kappa shape index (κ1) is 8.59. The Morgan fingerprint density at radius 1 is 1.78 bits per heavy atom. The van der Waals surface area contributed by atoms with Crippen molar-refractivity contribution in [1.29, 1.82) is 0 Å². The van der Waals surface area contributed by atoms with E-state index in [1.165, 1.54) is 7.11 Å². The zero-order chi connectivity index (χ0) is 7.28. The number of ketones is 1. The van der Waals surface area contributed by atoms with Crippen LogP contribution in [0.4, 0.5) is 0 Å². The fourth-order valence-corrected chi connectivity index (χ4v) is 0.445. The lowest BCUT2D eigenvalue weighted by Gasteiger charge is -2.05. The van der Waals surface area contributed by atoms with Crippen LogP contribution in [0.15, 0.2) is 0 Å². The van der Waals surface area contributed by atoms with Gasteiger partial charge in [-0.05, 0) is 6.92 Å². The van der Waals surface area contributed by atoms with E-state index in [1.54, 1.807) is 6.92 Å². The van der Waals surface area contributed by atoms with Gasteiger partial charge in [-0.3, -0.25) is 4.79 Å². The molecule has 0 aliphatic rings. The zero-order valence-corrected chi connectivity index (χ0v) is 5.76. The van der Waals surface area contributed by atoms with E-state index in [1.807, 2.05) is 0 Å². The molecule has 0 radical (unpaired) electrons. The van der Waals surface area contributed by atoms with Gasteiger partial charge in [-0.25, -0.2) is 0 Å². The second-order valence-electron chi connectivity index (χ2n) is 1.82. The number of aliphatic hydroxyl groups excluding tert-OH is 1. The number of Topliss-reactive ketones (excluding diaryl/α,β-unsaturated/α-hetero) is 1. The number of methoxy groups -OCH3 is 1. The molecule has 3 nitrogen and oxygen atoms in total. The zero-order valence-electron chi connectivity index (χ0n) is 5.76. The maximum absolute atomic E-state index is 10.7. The van der Waals surface area contributed by atoms with Crippen LogP contribution in [0.3, 0.4) is 0 Å². The Kier molecular flexibility index (Phi) is 4.26. The number of carbonyl (C=O) groups excluding carboxylic acids is 1. The largest absolute Gasteiger partial charge is 0.396 e. The SMILES string of the molecule is COC(C)C(=O)CCO. The average molecular weight is 132 g/mol. The minimum absolute atomic E-state index is 0.0556. The molecule has 0 fully saturated rings. The van der Waals surface area contributed by atoms with Gasteiger partial charge in [0.15, 0.2) is 5.78 Å². The van der Waals surface area contributed by atoms with Crippen molar-refractivity contribution < 1.29 is 14.6 Å². The molecule has 1 unspecified atom stereocenters. The third-order valence-corrected chi connectivity index (χ3v) is 1.17. The molecule has 0 aromatic heterocycles. The van der Waals surface area contributed by atoms with Crippen LogP contribution < -0.4 is 0 Å². The minimum Gasteiger partial charge on any atom is -0.396 e. The lowest BCUT2D eigenvalue weighted by molar-refractivity contribution is -0.128. The second kappa shape index (κ2) is 4.47.